The van der Waals surface area contributed by atoms with Crippen molar-refractivity contribution in [2.75, 3.05) is 7.11 Å². The van der Waals surface area contributed by atoms with Crippen LogP contribution in [0.3, 0.4) is 0 Å². The number of rotatable bonds is 3. The van der Waals surface area contributed by atoms with Crippen molar-refractivity contribution in [3.8, 4) is 0 Å². The molecule has 2 aromatic carbocycles. The highest BCUT2D eigenvalue weighted by Crippen LogP contribution is 2.12. The number of aromatic nitrogens is 1. The third-order valence-electron chi connectivity index (χ3n) is 3.25. The number of hydrogen-bond donors (Lipinski definition) is 0. The van der Waals surface area contributed by atoms with Gasteiger partial charge in [0, 0.05) is 22.9 Å². The molecule has 0 saturated heterocycles. The van der Waals surface area contributed by atoms with E-state index in [2.05, 4.69) is 48.6 Å². The third kappa shape index (κ3) is 2.41. The van der Waals surface area contributed by atoms with Gasteiger partial charge in [-0.05, 0) is 23.8 Å². The van der Waals surface area contributed by atoms with E-state index in [1.54, 1.807) is 7.11 Å². The first-order valence-electron chi connectivity index (χ1n) is 6.60. The molecule has 0 bridgehead atoms. The molecule has 0 atom stereocenters. The maximum atomic E-state index is 5.51. The molecule has 0 unspecified atom stereocenters. The molecule has 0 radical (unpaired) electrons. The van der Waals surface area contributed by atoms with Crippen LogP contribution in [-0.4, -0.2) is 7.11 Å². The second kappa shape index (κ2) is 5.57. The van der Waals surface area contributed by atoms with Gasteiger partial charge in [-0.1, -0.05) is 42.5 Å². The van der Waals surface area contributed by atoms with E-state index < -0.39 is 0 Å². The lowest BCUT2D eigenvalue weighted by atomic mass is 10.1. The predicted molar refractivity (Wildman–Crippen MR) is 82.0 cm³/mol. The normalized spacial score (nSPS) is 11.1. The van der Waals surface area contributed by atoms with Crippen LogP contribution in [0.5, 0.6) is 0 Å². The minimum atomic E-state index is 1.01. The highest BCUT2D eigenvalue weighted by Gasteiger charge is 2.14. The molecule has 3 rings (SSSR count). The van der Waals surface area contributed by atoms with E-state index >= 15 is 0 Å². The maximum absolute atomic E-state index is 5.51. The van der Waals surface area contributed by atoms with Crippen molar-refractivity contribution in [3.63, 3.8) is 0 Å². The zero-order valence-electron chi connectivity index (χ0n) is 11.4. The molecule has 0 N–H and O–H groups in total. The van der Waals surface area contributed by atoms with Gasteiger partial charge in [0.25, 0.3) is 11.2 Å². The molecular formula is C18H16NO+. The molecule has 1 heterocycles. The minimum absolute atomic E-state index is 1.01. The Morgan fingerprint density at radius 3 is 2.35 bits per heavy atom. The van der Waals surface area contributed by atoms with Crippen molar-refractivity contribution in [1.82, 2.24) is 0 Å². The predicted octanol–water partition coefficient (Wildman–Crippen LogP) is 3.36. The first-order chi connectivity index (χ1) is 9.88. The maximum Gasteiger partial charge on any atom is 0.265 e. The summed E-state index contributed by atoms with van der Waals surface area (Å²) in [7, 11) is 1.69. The van der Waals surface area contributed by atoms with Crippen molar-refractivity contribution in [1.29, 1.82) is 0 Å². The molecule has 2 heteroatoms. The standard InChI is InChI=1S/C18H16NO/c1-20-19-17(13-11-15-7-3-2-4-8-15)14-12-16-9-5-6-10-18(16)19/h2-14H,1H3/q+1/b13-11+. The summed E-state index contributed by atoms with van der Waals surface area (Å²) in [4.78, 5) is 5.51. The molecule has 0 fully saturated rings. The Morgan fingerprint density at radius 1 is 0.800 bits per heavy atom. The number of hydrogen-bond acceptors (Lipinski definition) is 1. The highest BCUT2D eigenvalue weighted by molar-refractivity contribution is 5.77. The van der Waals surface area contributed by atoms with Crippen LogP contribution in [-0.2, 0) is 0 Å². The molecule has 0 saturated carbocycles. The molecule has 2 nitrogen and oxygen atoms in total. The molecule has 3 aromatic rings. The second-order valence-corrected chi connectivity index (χ2v) is 4.54. The summed E-state index contributed by atoms with van der Waals surface area (Å²) in [6.45, 7) is 0. The van der Waals surface area contributed by atoms with Crippen molar-refractivity contribution < 1.29 is 9.57 Å². The molecule has 98 valence electrons. The lowest BCUT2D eigenvalue weighted by Gasteiger charge is -2.00. The Hall–Kier alpha value is -2.61. The van der Waals surface area contributed by atoms with Crippen LogP contribution in [0.15, 0.2) is 66.7 Å². The number of pyridine rings is 1. The number of para-hydroxylation sites is 1. The molecule has 20 heavy (non-hydrogen) atoms. The molecule has 0 amide bonds. The Bertz CT molecular complexity index is 748. The van der Waals surface area contributed by atoms with Gasteiger partial charge in [-0.3, -0.25) is 4.84 Å². The van der Waals surface area contributed by atoms with Gasteiger partial charge < -0.3 is 0 Å². The fraction of sp³-hybridized carbons (Fsp3) is 0.0556. The monoisotopic (exact) mass is 262 g/mol. The smallest absolute Gasteiger partial charge is 0.265 e. The van der Waals surface area contributed by atoms with E-state index in [0.717, 1.165) is 16.6 Å². The van der Waals surface area contributed by atoms with Crippen molar-refractivity contribution in [2.45, 2.75) is 0 Å². The molecule has 0 spiro atoms. The molecule has 0 aliphatic rings. The zero-order chi connectivity index (χ0) is 13.8. The first kappa shape index (κ1) is 12.4. The average Bonchev–Trinajstić information content (AvgIpc) is 2.53. The van der Waals surface area contributed by atoms with E-state index in [-0.39, 0.29) is 0 Å². The molecule has 1 aromatic heterocycles. The van der Waals surface area contributed by atoms with Crippen LogP contribution in [0.25, 0.3) is 23.1 Å². The third-order valence-corrected chi connectivity index (χ3v) is 3.25. The largest absolute Gasteiger partial charge is 0.273 e. The Balaban J connectivity index is 2.05. The lowest BCUT2D eigenvalue weighted by molar-refractivity contribution is -0.866. The van der Waals surface area contributed by atoms with E-state index in [0.29, 0.717) is 0 Å². The SMILES string of the molecule is CO[n+]1c(/C=C/c2ccccc2)ccc2ccccc21. The van der Waals surface area contributed by atoms with E-state index in [1.165, 1.54) is 5.56 Å². The minimum Gasteiger partial charge on any atom is -0.273 e. The Labute approximate surface area is 118 Å². The van der Waals surface area contributed by atoms with E-state index in [4.69, 9.17) is 4.84 Å². The summed E-state index contributed by atoms with van der Waals surface area (Å²) in [5, 5.41) is 1.16. The molecule has 0 aliphatic carbocycles. The van der Waals surface area contributed by atoms with Crippen molar-refractivity contribution >= 4 is 23.1 Å². The van der Waals surface area contributed by atoms with Gasteiger partial charge in [-0.2, -0.15) is 0 Å². The second-order valence-electron chi connectivity index (χ2n) is 4.54. The van der Waals surface area contributed by atoms with Crippen molar-refractivity contribution in [2.24, 2.45) is 0 Å². The van der Waals surface area contributed by atoms with Crippen LogP contribution in [0, 0.1) is 0 Å². The summed E-state index contributed by atoms with van der Waals surface area (Å²) in [5.41, 5.74) is 3.24. The highest BCUT2D eigenvalue weighted by atomic mass is 16.6. The van der Waals surface area contributed by atoms with Gasteiger partial charge >= 0.3 is 0 Å². The molecule has 0 aliphatic heterocycles. The Kier molecular flexibility index (Phi) is 3.46. The number of nitrogens with zero attached hydrogens (tertiary/aromatic N) is 1. The fourth-order valence-corrected chi connectivity index (χ4v) is 2.27. The van der Waals surface area contributed by atoms with Crippen LogP contribution in [0.4, 0.5) is 0 Å². The summed E-state index contributed by atoms with van der Waals surface area (Å²) in [6, 6.07) is 22.6. The molecular weight excluding hydrogens is 246 g/mol. The summed E-state index contributed by atoms with van der Waals surface area (Å²) in [5.74, 6) is 0. The van der Waals surface area contributed by atoms with Crippen LogP contribution in [0.1, 0.15) is 11.3 Å². The lowest BCUT2D eigenvalue weighted by Crippen LogP contribution is -2.44. The van der Waals surface area contributed by atoms with Gasteiger partial charge in [0.05, 0.1) is 5.39 Å². The quantitative estimate of drug-likeness (QED) is 0.660. The van der Waals surface area contributed by atoms with Crippen LogP contribution >= 0.6 is 0 Å². The van der Waals surface area contributed by atoms with Gasteiger partial charge in [-0.15, -0.1) is 0 Å². The van der Waals surface area contributed by atoms with Crippen LogP contribution < -0.4 is 9.57 Å². The van der Waals surface area contributed by atoms with E-state index in [9.17, 15) is 0 Å². The van der Waals surface area contributed by atoms with Crippen LogP contribution in [0.2, 0.25) is 0 Å². The Morgan fingerprint density at radius 2 is 1.55 bits per heavy atom. The average molecular weight is 262 g/mol. The topological polar surface area (TPSA) is 13.1 Å². The first-order valence-corrected chi connectivity index (χ1v) is 6.60. The van der Waals surface area contributed by atoms with Gasteiger partial charge in [0.15, 0.2) is 0 Å². The summed E-state index contributed by atoms with van der Waals surface area (Å²) in [6.07, 6.45) is 4.14. The fourth-order valence-electron chi connectivity index (χ4n) is 2.27. The van der Waals surface area contributed by atoms with Gasteiger partial charge in [-0.25, -0.2) is 0 Å². The number of benzene rings is 2. The summed E-state index contributed by atoms with van der Waals surface area (Å²) >= 11 is 0. The zero-order valence-corrected chi connectivity index (χ0v) is 11.4. The number of fused-ring (bicyclic) bond motifs is 1. The van der Waals surface area contributed by atoms with E-state index in [1.807, 2.05) is 35.1 Å². The summed E-state index contributed by atoms with van der Waals surface area (Å²) < 4.78 is 1.84. The van der Waals surface area contributed by atoms with Gasteiger partial charge in [0.1, 0.15) is 7.11 Å². The van der Waals surface area contributed by atoms with Gasteiger partial charge in [0.2, 0.25) is 0 Å². The van der Waals surface area contributed by atoms with Crippen molar-refractivity contribution in [3.05, 3.63) is 78.0 Å².